The molecule has 1 N–H and O–H groups in total. The van der Waals surface area contributed by atoms with Crippen molar-refractivity contribution in [2.24, 2.45) is 10.2 Å². The van der Waals surface area contributed by atoms with Gasteiger partial charge in [0, 0.05) is 4.90 Å². The van der Waals surface area contributed by atoms with Gasteiger partial charge in [-0.3, -0.25) is 4.79 Å². The summed E-state index contributed by atoms with van der Waals surface area (Å²) in [5.41, 5.74) is 1.70. The molecule has 3 aromatic rings. The number of nitrogens with zero attached hydrogens (tertiary/aromatic N) is 2. The second-order valence-electron chi connectivity index (χ2n) is 6.96. The van der Waals surface area contributed by atoms with Crippen LogP contribution in [0.25, 0.3) is 0 Å². The summed E-state index contributed by atoms with van der Waals surface area (Å²) in [6.45, 7) is 0. The average molecular weight is 484 g/mol. The maximum Gasteiger partial charge on any atom is 0.288 e. The van der Waals surface area contributed by atoms with E-state index < -0.39 is 5.76 Å². The number of thioether (sulfide) groups is 2. The van der Waals surface area contributed by atoms with Gasteiger partial charge in [-0.25, -0.2) is 0 Å². The first kappa shape index (κ1) is 23.0. The van der Waals surface area contributed by atoms with Crippen molar-refractivity contribution in [3.8, 4) is 11.5 Å². The second-order valence-corrected chi connectivity index (χ2v) is 9.21. The number of benzene rings is 3. The fourth-order valence-electron chi connectivity index (χ4n) is 3.04. The molecule has 1 saturated heterocycles. The Bertz CT molecular complexity index is 1160. The van der Waals surface area contributed by atoms with Crippen molar-refractivity contribution in [2.75, 3.05) is 0 Å². The first-order valence-electron chi connectivity index (χ1n) is 10.0. The number of halogens is 2. The molecule has 3 aromatic carbocycles. The van der Waals surface area contributed by atoms with Gasteiger partial charge in [-0.05, 0) is 53.9 Å². The van der Waals surface area contributed by atoms with Crippen LogP contribution >= 0.6 is 23.5 Å². The van der Waals surface area contributed by atoms with Crippen molar-refractivity contribution < 1.29 is 18.3 Å². The summed E-state index contributed by atoms with van der Waals surface area (Å²) < 4.78 is 30.7. The van der Waals surface area contributed by atoms with Crippen molar-refractivity contribution in [1.82, 2.24) is 5.32 Å². The van der Waals surface area contributed by atoms with Crippen molar-refractivity contribution >= 4 is 40.8 Å². The van der Waals surface area contributed by atoms with Gasteiger partial charge in [0.05, 0.1) is 11.5 Å². The summed E-state index contributed by atoms with van der Waals surface area (Å²) in [7, 11) is 0. The van der Waals surface area contributed by atoms with Gasteiger partial charge in [-0.2, -0.15) is 13.9 Å². The molecule has 1 aliphatic rings. The van der Waals surface area contributed by atoms with E-state index in [0.29, 0.717) is 34.0 Å². The Labute approximate surface area is 198 Å². The Balaban J connectivity index is 1.34. The topological polar surface area (TPSA) is 63.0 Å². The van der Waals surface area contributed by atoms with E-state index in [-0.39, 0.29) is 11.2 Å². The number of hydrogen-bond acceptors (Lipinski definition) is 6. The minimum atomic E-state index is -2.45. The monoisotopic (exact) mass is 483 g/mol. The highest BCUT2D eigenvalue weighted by molar-refractivity contribution is 8.15. The van der Waals surface area contributed by atoms with Crippen LogP contribution in [-0.2, 0) is 11.2 Å². The van der Waals surface area contributed by atoms with Crippen molar-refractivity contribution in [3.63, 3.8) is 0 Å². The molecule has 0 unspecified atom stereocenters. The number of hydrogen-bond donors (Lipinski definition) is 1. The molecule has 0 aromatic heterocycles. The predicted octanol–water partition coefficient (Wildman–Crippen LogP) is 5.96. The van der Waals surface area contributed by atoms with Gasteiger partial charge in [0.25, 0.3) is 5.76 Å². The minimum Gasteiger partial charge on any atom is -0.457 e. The second kappa shape index (κ2) is 11.1. The molecule has 9 heteroatoms. The molecule has 1 heterocycles. The largest absolute Gasteiger partial charge is 0.457 e. The molecule has 0 spiro atoms. The molecular weight excluding hydrogens is 464 g/mol. The Morgan fingerprint density at radius 3 is 2.55 bits per heavy atom. The highest BCUT2D eigenvalue weighted by Gasteiger charge is 2.30. The summed E-state index contributed by atoms with van der Waals surface area (Å²) in [6, 6.07) is 23.7. The number of para-hydroxylation sites is 1. The zero-order chi connectivity index (χ0) is 23.0. The Hall–Kier alpha value is -3.17. The Morgan fingerprint density at radius 2 is 1.79 bits per heavy atom. The molecule has 168 valence electrons. The van der Waals surface area contributed by atoms with Crippen molar-refractivity contribution in [3.05, 3.63) is 90.0 Å². The smallest absolute Gasteiger partial charge is 0.288 e. The van der Waals surface area contributed by atoms with Gasteiger partial charge in [-0.1, -0.05) is 66.0 Å². The summed E-state index contributed by atoms with van der Waals surface area (Å²) >= 11 is 1.79. The zero-order valence-electron chi connectivity index (χ0n) is 17.2. The summed E-state index contributed by atoms with van der Waals surface area (Å²) in [5, 5.41) is 11.0. The van der Waals surface area contributed by atoms with E-state index in [4.69, 9.17) is 4.74 Å². The lowest BCUT2D eigenvalue weighted by atomic mass is 10.1. The zero-order valence-corrected chi connectivity index (χ0v) is 18.9. The predicted molar refractivity (Wildman–Crippen MR) is 130 cm³/mol. The van der Waals surface area contributed by atoms with Crippen LogP contribution in [-0.4, -0.2) is 28.3 Å². The number of carbonyl (C=O) groups is 1. The molecule has 1 amide bonds. The van der Waals surface area contributed by atoms with E-state index in [1.54, 1.807) is 30.5 Å². The number of nitrogens with one attached hydrogen (secondary N) is 1. The molecule has 5 nitrogen and oxygen atoms in total. The average Bonchev–Trinajstić information content (AvgIpc) is 3.14. The molecule has 4 rings (SSSR count). The Morgan fingerprint density at radius 1 is 1.03 bits per heavy atom. The molecule has 1 atom stereocenters. The molecule has 0 radical (unpaired) electrons. The van der Waals surface area contributed by atoms with Crippen LogP contribution in [0.4, 0.5) is 8.78 Å². The normalized spacial score (nSPS) is 17.1. The van der Waals surface area contributed by atoms with Crippen molar-refractivity contribution in [2.45, 2.75) is 22.3 Å². The molecule has 1 fully saturated rings. The van der Waals surface area contributed by atoms with Gasteiger partial charge in [0.15, 0.2) is 5.17 Å². The summed E-state index contributed by atoms with van der Waals surface area (Å²) in [6.07, 6.45) is 2.06. The van der Waals surface area contributed by atoms with Gasteiger partial charge in [-0.15, -0.1) is 5.10 Å². The standard InChI is InChI=1S/C24H19F2N3O2S2/c25-23(26)32-20-11-9-16(10-12-20)14-21-22(30)28-24(33-21)29-27-15-17-5-4-8-19(13-17)31-18-6-2-1-3-7-18/h1-13,15,21,23H,14H2,(H,28,29,30)/b27-15-/t21-/m0/s1. The maximum atomic E-state index is 12.4. The van der Waals surface area contributed by atoms with E-state index >= 15 is 0 Å². The van der Waals surface area contributed by atoms with E-state index in [1.165, 1.54) is 11.8 Å². The van der Waals surface area contributed by atoms with E-state index in [0.717, 1.165) is 16.9 Å². The van der Waals surface area contributed by atoms with Crippen LogP contribution < -0.4 is 10.1 Å². The quantitative estimate of drug-likeness (QED) is 0.244. The highest BCUT2D eigenvalue weighted by atomic mass is 32.2. The van der Waals surface area contributed by atoms with Gasteiger partial charge >= 0.3 is 0 Å². The summed E-state index contributed by atoms with van der Waals surface area (Å²) in [4.78, 5) is 12.8. The fourth-order valence-corrected chi connectivity index (χ4v) is 4.50. The van der Waals surface area contributed by atoms with E-state index in [9.17, 15) is 13.6 Å². The third-order valence-electron chi connectivity index (χ3n) is 4.54. The van der Waals surface area contributed by atoms with Gasteiger partial charge in [0.1, 0.15) is 11.5 Å². The van der Waals surface area contributed by atoms with E-state index in [2.05, 4.69) is 15.5 Å². The van der Waals surface area contributed by atoms with E-state index in [1.807, 2.05) is 54.6 Å². The highest BCUT2D eigenvalue weighted by Crippen LogP contribution is 2.27. The molecular formula is C24H19F2N3O2S2. The van der Waals surface area contributed by atoms with Crippen LogP contribution in [0.3, 0.4) is 0 Å². The number of ether oxygens (including phenoxy) is 1. The summed E-state index contributed by atoms with van der Waals surface area (Å²) in [5.74, 6) is -1.19. The molecule has 0 bridgehead atoms. The Kier molecular flexibility index (Phi) is 7.74. The van der Waals surface area contributed by atoms with Crippen LogP contribution in [0.5, 0.6) is 11.5 Å². The molecule has 0 saturated carbocycles. The number of carbonyl (C=O) groups excluding carboxylic acids is 1. The first-order valence-corrected chi connectivity index (χ1v) is 11.8. The third-order valence-corrected chi connectivity index (χ3v) is 6.33. The lowest BCUT2D eigenvalue weighted by Gasteiger charge is -2.06. The number of rotatable bonds is 8. The number of amidine groups is 1. The van der Waals surface area contributed by atoms with Crippen LogP contribution in [0.15, 0.2) is 94.0 Å². The minimum absolute atomic E-state index is 0.154. The van der Waals surface area contributed by atoms with Crippen LogP contribution in [0, 0.1) is 0 Å². The number of amides is 1. The van der Waals surface area contributed by atoms with Crippen LogP contribution in [0.2, 0.25) is 0 Å². The lowest BCUT2D eigenvalue weighted by molar-refractivity contribution is -0.118. The molecule has 0 aliphatic carbocycles. The maximum absolute atomic E-state index is 12.4. The van der Waals surface area contributed by atoms with Gasteiger partial charge < -0.3 is 10.1 Å². The number of alkyl halides is 2. The van der Waals surface area contributed by atoms with Gasteiger partial charge in [0.2, 0.25) is 5.91 Å². The fraction of sp³-hybridized carbons (Fsp3) is 0.125. The molecule has 1 aliphatic heterocycles. The SMILES string of the molecule is O=C1N/C(=N/N=C\c2cccc(Oc3ccccc3)c2)S[C@H]1Cc1ccc(SC(F)F)cc1. The first-order chi connectivity index (χ1) is 16.0. The lowest BCUT2D eigenvalue weighted by Crippen LogP contribution is -2.25. The van der Waals surface area contributed by atoms with Crippen LogP contribution in [0.1, 0.15) is 11.1 Å². The third kappa shape index (κ3) is 6.90. The van der Waals surface area contributed by atoms with Crippen molar-refractivity contribution in [1.29, 1.82) is 0 Å². The molecule has 33 heavy (non-hydrogen) atoms.